The van der Waals surface area contributed by atoms with E-state index in [1.165, 1.54) is 12.1 Å². The molecule has 2 aromatic carbocycles. The predicted molar refractivity (Wildman–Crippen MR) is 105 cm³/mol. The van der Waals surface area contributed by atoms with Gasteiger partial charge < -0.3 is 15.2 Å². The molecule has 1 aliphatic heterocycles. The number of allylic oxidation sites excluding steroid dienone is 1. The molecule has 0 fully saturated rings. The van der Waals surface area contributed by atoms with Crippen LogP contribution in [0.4, 0.5) is 4.39 Å². The standard InChI is InChI=1S/C21H16BrFN2O3/c1-2-27-21(26)18-17(14-9-8-13(22)10-16(14)23)15(11-24)20(25)28-19(18)12-6-4-3-5-7-12/h3-10,17H,2,25H2,1H3. The first-order valence-electron chi connectivity index (χ1n) is 8.47. The third-order valence-corrected chi connectivity index (χ3v) is 4.72. The van der Waals surface area contributed by atoms with Crippen LogP contribution in [-0.4, -0.2) is 12.6 Å². The molecular weight excluding hydrogens is 427 g/mol. The molecule has 5 nitrogen and oxygen atoms in total. The molecule has 0 saturated heterocycles. The highest BCUT2D eigenvalue weighted by atomic mass is 79.9. The van der Waals surface area contributed by atoms with Gasteiger partial charge >= 0.3 is 5.97 Å². The largest absolute Gasteiger partial charge is 0.463 e. The van der Waals surface area contributed by atoms with Crippen LogP contribution in [-0.2, 0) is 14.3 Å². The zero-order valence-electron chi connectivity index (χ0n) is 14.9. The summed E-state index contributed by atoms with van der Waals surface area (Å²) >= 11 is 3.21. The molecule has 1 heterocycles. The van der Waals surface area contributed by atoms with E-state index in [1.807, 2.05) is 12.1 Å². The van der Waals surface area contributed by atoms with Crippen molar-refractivity contribution in [2.75, 3.05) is 6.61 Å². The van der Waals surface area contributed by atoms with Gasteiger partial charge in [0.2, 0.25) is 5.88 Å². The number of carbonyl (C=O) groups excluding carboxylic acids is 1. The van der Waals surface area contributed by atoms with Crippen LogP contribution in [0.15, 0.2) is 70.0 Å². The molecule has 0 spiro atoms. The van der Waals surface area contributed by atoms with Crippen LogP contribution in [0, 0.1) is 17.1 Å². The van der Waals surface area contributed by atoms with Crippen LogP contribution in [0.3, 0.4) is 0 Å². The highest BCUT2D eigenvalue weighted by molar-refractivity contribution is 9.10. The van der Waals surface area contributed by atoms with Gasteiger partial charge in [-0.25, -0.2) is 9.18 Å². The van der Waals surface area contributed by atoms with Gasteiger partial charge in [0.05, 0.1) is 18.1 Å². The van der Waals surface area contributed by atoms with Gasteiger partial charge in [-0.2, -0.15) is 5.26 Å². The van der Waals surface area contributed by atoms with Gasteiger partial charge in [0, 0.05) is 15.6 Å². The highest BCUT2D eigenvalue weighted by Crippen LogP contribution is 2.43. The van der Waals surface area contributed by atoms with E-state index < -0.39 is 17.7 Å². The number of hydrogen-bond acceptors (Lipinski definition) is 5. The minimum Gasteiger partial charge on any atom is -0.463 e. The zero-order chi connectivity index (χ0) is 20.3. The topological polar surface area (TPSA) is 85.3 Å². The Morgan fingerprint density at radius 1 is 1.32 bits per heavy atom. The Morgan fingerprint density at radius 3 is 2.64 bits per heavy atom. The van der Waals surface area contributed by atoms with E-state index in [9.17, 15) is 14.4 Å². The lowest BCUT2D eigenvalue weighted by molar-refractivity contribution is -0.138. The fraction of sp³-hybridized carbons (Fsp3) is 0.143. The Labute approximate surface area is 170 Å². The summed E-state index contributed by atoms with van der Waals surface area (Å²) in [7, 11) is 0. The van der Waals surface area contributed by atoms with Gasteiger partial charge in [-0.3, -0.25) is 0 Å². The molecule has 28 heavy (non-hydrogen) atoms. The van der Waals surface area contributed by atoms with Crippen LogP contribution in [0.25, 0.3) is 5.76 Å². The van der Waals surface area contributed by atoms with Crippen molar-refractivity contribution >= 4 is 27.7 Å². The number of hydrogen-bond donors (Lipinski definition) is 1. The highest BCUT2D eigenvalue weighted by Gasteiger charge is 2.39. The zero-order valence-corrected chi connectivity index (χ0v) is 16.5. The summed E-state index contributed by atoms with van der Waals surface area (Å²) in [5, 5.41) is 9.65. The van der Waals surface area contributed by atoms with Gasteiger partial charge in [0.25, 0.3) is 0 Å². The van der Waals surface area contributed by atoms with Crippen molar-refractivity contribution in [3.05, 3.63) is 87.0 Å². The second kappa shape index (κ2) is 8.28. The van der Waals surface area contributed by atoms with Crippen LogP contribution in [0.5, 0.6) is 0 Å². The molecule has 0 aromatic heterocycles. The lowest BCUT2D eigenvalue weighted by Gasteiger charge is -2.28. The lowest BCUT2D eigenvalue weighted by atomic mass is 9.81. The number of esters is 1. The van der Waals surface area contributed by atoms with Crippen LogP contribution in [0.1, 0.15) is 24.0 Å². The predicted octanol–water partition coefficient (Wildman–Crippen LogP) is 4.37. The van der Waals surface area contributed by atoms with Crippen molar-refractivity contribution in [1.29, 1.82) is 5.26 Å². The van der Waals surface area contributed by atoms with E-state index in [1.54, 1.807) is 37.3 Å². The average Bonchev–Trinajstić information content (AvgIpc) is 2.68. The maximum atomic E-state index is 14.8. The molecule has 0 bridgehead atoms. The van der Waals surface area contributed by atoms with Crippen LogP contribution < -0.4 is 5.73 Å². The van der Waals surface area contributed by atoms with Crippen LogP contribution >= 0.6 is 15.9 Å². The van der Waals surface area contributed by atoms with Crippen molar-refractivity contribution < 1.29 is 18.7 Å². The summed E-state index contributed by atoms with van der Waals surface area (Å²) in [5.41, 5.74) is 6.64. The maximum absolute atomic E-state index is 14.8. The van der Waals surface area contributed by atoms with Gasteiger partial charge in [-0.15, -0.1) is 0 Å². The molecule has 1 atom stereocenters. The van der Waals surface area contributed by atoms with E-state index >= 15 is 0 Å². The Hall–Kier alpha value is -3.11. The Kier molecular flexibility index (Phi) is 5.81. The van der Waals surface area contributed by atoms with Crippen molar-refractivity contribution in [2.45, 2.75) is 12.8 Å². The minimum absolute atomic E-state index is 0.0278. The monoisotopic (exact) mass is 442 g/mol. The molecule has 2 N–H and O–H groups in total. The second-order valence-corrected chi connectivity index (χ2v) is 6.84. The molecule has 0 aliphatic carbocycles. The summed E-state index contributed by atoms with van der Waals surface area (Å²) in [4.78, 5) is 12.8. The number of halogens is 2. The van der Waals surface area contributed by atoms with Crippen molar-refractivity contribution in [1.82, 2.24) is 0 Å². The molecule has 1 unspecified atom stereocenters. The van der Waals surface area contributed by atoms with E-state index in [-0.39, 0.29) is 35.0 Å². The Morgan fingerprint density at radius 2 is 2.04 bits per heavy atom. The molecule has 0 amide bonds. The Balaban J connectivity index is 2.31. The maximum Gasteiger partial charge on any atom is 0.338 e. The SMILES string of the molecule is CCOC(=O)C1=C(c2ccccc2)OC(N)=C(C#N)C1c1ccc(Br)cc1F. The van der Waals surface area contributed by atoms with Gasteiger partial charge in [-0.1, -0.05) is 52.3 Å². The first kappa shape index (κ1) is 19.6. The minimum atomic E-state index is -1.05. The molecule has 3 rings (SSSR count). The Bertz CT molecular complexity index is 1030. The van der Waals surface area contributed by atoms with Gasteiger partial charge in [0.1, 0.15) is 23.2 Å². The molecule has 142 valence electrons. The number of carbonyl (C=O) groups is 1. The van der Waals surface area contributed by atoms with Gasteiger partial charge in [-0.05, 0) is 19.1 Å². The fourth-order valence-electron chi connectivity index (χ4n) is 3.03. The third kappa shape index (κ3) is 3.64. The lowest BCUT2D eigenvalue weighted by Crippen LogP contribution is -2.26. The molecular formula is C21H16BrFN2O3. The van der Waals surface area contributed by atoms with Gasteiger partial charge in [0.15, 0.2) is 0 Å². The number of benzene rings is 2. The van der Waals surface area contributed by atoms with Crippen molar-refractivity contribution in [3.8, 4) is 6.07 Å². The second-order valence-electron chi connectivity index (χ2n) is 5.92. The third-order valence-electron chi connectivity index (χ3n) is 4.22. The van der Waals surface area contributed by atoms with E-state index in [0.717, 1.165) is 0 Å². The summed E-state index contributed by atoms with van der Waals surface area (Å²) in [5.74, 6) is -2.38. The van der Waals surface area contributed by atoms with E-state index in [0.29, 0.717) is 10.0 Å². The van der Waals surface area contributed by atoms with E-state index in [4.69, 9.17) is 15.2 Å². The number of nitriles is 1. The number of ether oxygens (including phenoxy) is 2. The summed E-state index contributed by atoms with van der Waals surface area (Å²) < 4.78 is 26.2. The molecule has 0 saturated carbocycles. The van der Waals surface area contributed by atoms with Crippen LogP contribution in [0.2, 0.25) is 0 Å². The molecule has 1 aliphatic rings. The summed E-state index contributed by atoms with van der Waals surface area (Å²) in [6.45, 7) is 1.77. The normalized spacial score (nSPS) is 16.4. The first-order valence-corrected chi connectivity index (χ1v) is 9.26. The fourth-order valence-corrected chi connectivity index (χ4v) is 3.36. The smallest absolute Gasteiger partial charge is 0.338 e. The molecule has 7 heteroatoms. The average molecular weight is 443 g/mol. The van der Waals surface area contributed by atoms with E-state index in [2.05, 4.69) is 15.9 Å². The molecule has 0 radical (unpaired) electrons. The quantitative estimate of drug-likeness (QED) is 0.710. The van der Waals surface area contributed by atoms with Crippen molar-refractivity contribution in [2.24, 2.45) is 5.73 Å². The summed E-state index contributed by atoms with van der Waals surface area (Å²) in [6, 6.07) is 15.2. The number of rotatable bonds is 4. The van der Waals surface area contributed by atoms with Crippen molar-refractivity contribution in [3.63, 3.8) is 0 Å². The number of nitrogens with zero attached hydrogens (tertiary/aromatic N) is 1. The first-order chi connectivity index (χ1) is 13.5. The summed E-state index contributed by atoms with van der Waals surface area (Å²) in [6.07, 6.45) is 0. The molecule has 2 aromatic rings. The number of nitrogens with two attached hydrogens (primary N) is 1.